The minimum absolute atomic E-state index is 0.207. The lowest BCUT2D eigenvalue weighted by Crippen LogP contribution is -2.21. The maximum absolute atomic E-state index is 12.7. The van der Waals surface area contributed by atoms with E-state index in [0.29, 0.717) is 27.7 Å². The summed E-state index contributed by atoms with van der Waals surface area (Å²) < 4.78 is 5.33. The molecule has 2 aromatic rings. The Morgan fingerprint density at radius 1 is 1.13 bits per heavy atom. The lowest BCUT2D eigenvalue weighted by atomic mass is 10.1. The number of nitrogens with zero attached hydrogens (tertiary/aromatic N) is 2. The van der Waals surface area contributed by atoms with Gasteiger partial charge in [-0.05, 0) is 31.2 Å². The van der Waals surface area contributed by atoms with Crippen LogP contribution < -0.4 is 9.75 Å². The van der Waals surface area contributed by atoms with Gasteiger partial charge in [0.2, 0.25) is 0 Å². The molecule has 23 heavy (non-hydrogen) atoms. The van der Waals surface area contributed by atoms with E-state index in [-0.39, 0.29) is 5.91 Å². The van der Waals surface area contributed by atoms with Crippen molar-refractivity contribution in [1.29, 1.82) is 0 Å². The number of carbonyl (C=O) groups excluding carboxylic acids is 1. The number of halogens is 1. The summed E-state index contributed by atoms with van der Waals surface area (Å²) in [5, 5.41) is 6.16. The van der Waals surface area contributed by atoms with E-state index in [2.05, 4.69) is 5.10 Å². The van der Waals surface area contributed by atoms with Crippen molar-refractivity contribution in [3.63, 3.8) is 0 Å². The van der Waals surface area contributed by atoms with Gasteiger partial charge in [-0.25, -0.2) is 0 Å². The van der Waals surface area contributed by atoms with Crippen LogP contribution in [-0.2, 0) is 4.79 Å². The van der Waals surface area contributed by atoms with Gasteiger partial charge in [0.05, 0.1) is 29.1 Å². The molecule has 0 saturated carbocycles. The molecule has 4 nitrogen and oxygen atoms in total. The Morgan fingerprint density at radius 3 is 2.57 bits per heavy atom. The quantitative estimate of drug-likeness (QED) is 0.795. The lowest BCUT2D eigenvalue weighted by Gasteiger charge is -2.13. The van der Waals surface area contributed by atoms with Gasteiger partial charge in [0.15, 0.2) is 0 Å². The summed E-state index contributed by atoms with van der Waals surface area (Å²) in [5.74, 6) is 0.498. The number of para-hydroxylation sites is 2. The monoisotopic (exact) mass is 326 g/mol. The average molecular weight is 327 g/mol. The third kappa shape index (κ3) is 2.85. The van der Waals surface area contributed by atoms with E-state index in [9.17, 15) is 4.79 Å². The second-order valence-electron chi connectivity index (χ2n) is 5.05. The van der Waals surface area contributed by atoms with Crippen molar-refractivity contribution in [2.75, 3.05) is 12.1 Å². The zero-order chi connectivity index (χ0) is 16.4. The molecule has 0 aromatic heterocycles. The van der Waals surface area contributed by atoms with E-state index in [1.807, 2.05) is 36.4 Å². The number of ether oxygens (including phenoxy) is 1. The molecule has 1 heterocycles. The fourth-order valence-electron chi connectivity index (χ4n) is 2.41. The van der Waals surface area contributed by atoms with Crippen LogP contribution in [0.15, 0.2) is 59.2 Å². The highest BCUT2D eigenvalue weighted by Crippen LogP contribution is 2.31. The first kappa shape index (κ1) is 15.3. The van der Waals surface area contributed by atoms with Gasteiger partial charge < -0.3 is 4.74 Å². The fourth-order valence-corrected chi connectivity index (χ4v) is 2.63. The molecule has 2 aromatic carbocycles. The number of hydrogen-bond donors (Lipinski definition) is 0. The average Bonchev–Trinajstić information content (AvgIpc) is 2.84. The van der Waals surface area contributed by atoms with Gasteiger partial charge in [0.1, 0.15) is 5.75 Å². The highest BCUT2D eigenvalue weighted by atomic mass is 35.5. The SMILES string of the molecule is COc1ccccc1/C=C1\C(=O)N(c2ccccc2Cl)N=C1C. The lowest BCUT2D eigenvalue weighted by molar-refractivity contribution is -0.114. The van der Waals surface area contributed by atoms with E-state index in [1.54, 1.807) is 32.2 Å². The summed E-state index contributed by atoms with van der Waals surface area (Å²) in [6.07, 6.45) is 1.79. The number of methoxy groups -OCH3 is 1. The Labute approximate surface area is 139 Å². The van der Waals surface area contributed by atoms with Crippen molar-refractivity contribution < 1.29 is 9.53 Å². The molecule has 0 bridgehead atoms. The molecule has 5 heteroatoms. The largest absolute Gasteiger partial charge is 0.496 e. The molecule has 0 radical (unpaired) electrons. The van der Waals surface area contributed by atoms with Gasteiger partial charge in [-0.15, -0.1) is 0 Å². The first-order chi connectivity index (χ1) is 11.1. The van der Waals surface area contributed by atoms with E-state index >= 15 is 0 Å². The Hall–Kier alpha value is -2.59. The molecule has 0 unspecified atom stereocenters. The molecule has 0 N–H and O–H groups in total. The van der Waals surface area contributed by atoms with E-state index in [0.717, 1.165) is 5.56 Å². The van der Waals surface area contributed by atoms with Crippen molar-refractivity contribution in [1.82, 2.24) is 0 Å². The summed E-state index contributed by atoms with van der Waals surface area (Å²) in [5.41, 5.74) is 2.56. The number of benzene rings is 2. The van der Waals surface area contributed by atoms with Crippen LogP contribution >= 0.6 is 11.6 Å². The summed E-state index contributed by atoms with van der Waals surface area (Å²) in [6, 6.07) is 14.7. The minimum atomic E-state index is -0.207. The maximum atomic E-state index is 12.7. The van der Waals surface area contributed by atoms with Gasteiger partial charge in [-0.1, -0.05) is 41.9 Å². The fraction of sp³-hybridized carbons (Fsp3) is 0.111. The highest BCUT2D eigenvalue weighted by molar-refractivity contribution is 6.37. The number of amides is 1. The number of hydrogen-bond acceptors (Lipinski definition) is 3. The highest BCUT2D eigenvalue weighted by Gasteiger charge is 2.30. The first-order valence-corrected chi connectivity index (χ1v) is 7.49. The van der Waals surface area contributed by atoms with Crippen LogP contribution in [0.1, 0.15) is 12.5 Å². The second kappa shape index (κ2) is 6.26. The molecule has 116 valence electrons. The van der Waals surface area contributed by atoms with E-state index < -0.39 is 0 Å². The number of anilines is 1. The Morgan fingerprint density at radius 2 is 1.83 bits per heavy atom. The third-order valence-electron chi connectivity index (χ3n) is 3.58. The molecule has 0 fully saturated rings. The molecule has 0 aliphatic carbocycles. The van der Waals surface area contributed by atoms with Gasteiger partial charge >= 0.3 is 0 Å². The summed E-state index contributed by atoms with van der Waals surface area (Å²) in [6.45, 7) is 1.80. The van der Waals surface area contributed by atoms with Crippen LogP contribution in [0.5, 0.6) is 5.75 Å². The number of hydrazone groups is 1. The topological polar surface area (TPSA) is 41.9 Å². The van der Waals surface area contributed by atoms with Crippen molar-refractivity contribution in [2.24, 2.45) is 5.10 Å². The van der Waals surface area contributed by atoms with Gasteiger partial charge in [-0.3, -0.25) is 4.79 Å². The predicted octanol–water partition coefficient (Wildman–Crippen LogP) is 4.15. The molecule has 0 atom stereocenters. The normalized spacial score (nSPS) is 16.0. The Balaban J connectivity index is 2.01. The molecule has 0 spiro atoms. The first-order valence-electron chi connectivity index (χ1n) is 7.11. The van der Waals surface area contributed by atoms with Crippen LogP contribution in [-0.4, -0.2) is 18.7 Å². The maximum Gasteiger partial charge on any atom is 0.280 e. The van der Waals surface area contributed by atoms with Gasteiger partial charge in [0, 0.05) is 5.56 Å². The molecule has 0 saturated heterocycles. The zero-order valence-electron chi connectivity index (χ0n) is 12.8. The Kier molecular flexibility index (Phi) is 4.17. The zero-order valence-corrected chi connectivity index (χ0v) is 13.5. The molecular weight excluding hydrogens is 312 g/mol. The van der Waals surface area contributed by atoms with Crippen LogP contribution in [0.2, 0.25) is 5.02 Å². The van der Waals surface area contributed by atoms with E-state index in [1.165, 1.54) is 5.01 Å². The second-order valence-corrected chi connectivity index (χ2v) is 5.46. The van der Waals surface area contributed by atoms with Crippen LogP contribution in [0.4, 0.5) is 5.69 Å². The molecule has 3 rings (SSSR count). The summed E-state index contributed by atoms with van der Waals surface area (Å²) >= 11 is 6.17. The van der Waals surface area contributed by atoms with Crippen molar-refractivity contribution in [3.05, 3.63) is 64.7 Å². The number of carbonyl (C=O) groups is 1. The van der Waals surface area contributed by atoms with Crippen molar-refractivity contribution in [3.8, 4) is 5.75 Å². The van der Waals surface area contributed by atoms with Crippen LogP contribution in [0.3, 0.4) is 0 Å². The standard InChI is InChI=1S/C18H15ClN2O2/c1-12-14(11-13-7-3-6-10-17(13)23-2)18(22)21(20-12)16-9-5-4-8-15(16)19/h3-11H,1-2H3/b14-11-. The van der Waals surface area contributed by atoms with E-state index in [4.69, 9.17) is 16.3 Å². The van der Waals surface area contributed by atoms with Crippen molar-refractivity contribution in [2.45, 2.75) is 6.92 Å². The van der Waals surface area contributed by atoms with Crippen LogP contribution in [0, 0.1) is 0 Å². The predicted molar refractivity (Wildman–Crippen MR) is 93.0 cm³/mol. The van der Waals surface area contributed by atoms with Gasteiger partial charge in [-0.2, -0.15) is 10.1 Å². The molecule has 1 aliphatic heterocycles. The molecule has 1 amide bonds. The third-order valence-corrected chi connectivity index (χ3v) is 3.90. The Bertz CT molecular complexity index is 827. The number of rotatable bonds is 3. The summed E-state index contributed by atoms with van der Waals surface area (Å²) in [4.78, 5) is 12.7. The smallest absolute Gasteiger partial charge is 0.280 e. The molecule has 1 aliphatic rings. The summed E-state index contributed by atoms with van der Waals surface area (Å²) in [7, 11) is 1.60. The molecular formula is C18H15ClN2O2. The van der Waals surface area contributed by atoms with Crippen molar-refractivity contribution >= 4 is 35.0 Å². The van der Waals surface area contributed by atoms with Gasteiger partial charge in [0.25, 0.3) is 5.91 Å². The van der Waals surface area contributed by atoms with Crippen LogP contribution in [0.25, 0.3) is 6.08 Å². The minimum Gasteiger partial charge on any atom is -0.496 e.